The highest BCUT2D eigenvalue weighted by Crippen LogP contribution is 2.20. The van der Waals surface area contributed by atoms with Crippen molar-refractivity contribution in [2.45, 2.75) is 31.2 Å². The van der Waals surface area contributed by atoms with Gasteiger partial charge in [-0.25, -0.2) is 13.2 Å². The molecule has 1 aromatic carbocycles. The number of aromatic nitrogens is 2. The lowest BCUT2D eigenvalue weighted by atomic mass is 10.2. The lowest BCUT2D eigenvalue weighted by molar-refractivity contribution is 0.249. The Morgan fingerprint density at radius 1 is 1.29 bits per heavy atom. The molecular weight excluding hydrogens is 328 g/mol. The zero-order valence-electron chi connectivity index (χ0n) is 13.8. The molecule has 0 unspecified atom stereocenters. The highest BCUT2D eigenvalue weighted by atomic mass is 32.2. The first-order valence-electron chi connectivity index (χ1n) is 7.39. The number of carbonyl (C=O) groups is 1. The fraction of sp³-hybridized carbons (Fsp3) is 0.312. The first-order valence-corrected chi connectivity index (χ1v) is 9.28. The molecule has 128 valence electrons. The Hall–Kier alpha value is -2.48. The number of nitrogens with zero attached hydrogens (tertiary/aromatic N) is 2. The van der Waals surface area contributed by atoms with Gasteiger partial charge in [0.2, 0.25) is 0 Å². The van der Waals surface area contributed by atoms with E-state index in [4.69, 9.17) is 0 Å². The van der Waals surface area contributed by atoms with Crippen molar-refractivity contribution in [3.63, 3.8) is 0 Å². The number of amides is 2. The molecule has 2 amide bonds. The van der Waals surface area contributed by atoms with Gasteiger partial charge >= 0.3 is 6.03 Å². The Labute approximate surface area is 141 Å². The van der Waals surface area contributed by atoms with Crippen molar-refractivity contribution in [2.24, 2.45) is 0 Å². The number of nitrogens with one attached hydrogen (secondary N) is 2. The van der Waals surface area contributed by atoms with Crippen LogP contribution >= 0.6 is 0 Å². The van der Waals surface area contributed by atoms with Crippen LogP contribution in [0.4, 0.5) is 10.5 Å². The summed E-state index contributed by atoms with van der Waals surface area (Å²) in [4.78, 5) is 20.4. The summed E-state index contributed by atoms with van der Waals surface area (Å²) in [6, 6.07) is 4.08. The van der Waals surface area contributed by atoms with Crippen LogP contribution in [0.25, 0.3) is 0 Å². The number of anilines is 1. The van der Waals surface area contributed by atoms with Gasteiger partial charge in [0.05, 0.1) is 10.6 Å². The Bertz CT molecular complexity index is 822. The maximum absolute atomic E-state index is 12.1. The van der Waals surface area contributed by atoms with E-state index in [1.54, 1.807) is 31.6 Å². The summed E-state index contributed by atoms with van der Waals surface area (Å²) in [7, 11) is -3.33. The molecule has 8 heteroatoms. The molecule has 2 rings (SSSR count). The van der Waals surface area contributed by atoms with Gasteiger partial charge in [-0.15, -0.1) is 0 Å². The van der Waals surface area contributed by atoms with E-state index in [1.165, 1.54) is 12.1 Å². The molecule has 0 aliphatic heterocycles. The quantitative estimate of drug-likeness (QED) is 0.860. The van der Waals surface area contributed by atoms with Crippen molar-refractivity contribution in [2.75, 3.05) is 11.6 Å². The Morgan fingerprint density at radius 3 is 2.67 bits per heavy atom. The van der Waals surface area contributed by atoms with Crippen molar-refractivity contribution in [1.82, 2.24) is 15.3 Å². The van der Waals surface area contributed by atoms with E-state index >= 15 is 0 Å². The van der Waals surface area contributed by atoms with E-state index in [1.807, 2.05) is 6.92 Å². The van der Waals surface area contributed by atoms with Gasteiger partial charge in [-0.1, -0.05) is 6.07 Å². The van der Waals surface area contributed by atoms with Gasteiger partial charge in [0.15, 0.2) is 9.84 Å². The summed E-state index contributed by atoms with van der Waals surface area (Å²) >= 11 is 0. The number of carbonyl (C=O) groups excluding carboxylic acids is 1. The smallest absolute Gasteiger partial charge is 0.319 e. The molecule has 24 heavy (non-hydrogen) atoms. The predicted octanol–water partition coefficient (Wildman–Crippen LogP) is 1.94. The summed E-state index contributed by atoms with van der Waals surface area (Å²) in [6.07, 6.45) is 6.51. The van der Waals surface area contributed by atoms with Gasteiger partial charge in [-0.3, -0.25) is 9.97 Å². The molecule has 0 fully saturated rings. The minimum absolute atomic E-state index is 0.153. The summed E-state index contributed by atoms with van der Waals surface area (Å²) < 4.78 is 23.2. The summed E-state index contributed by atoms with van der Waals surface area (Å²) in [6.45, 7) is 3.65. The van der Waals surface area contributed by atoms with Crippen molar-refractivity contribution in [1.29, 1.82) is 0 Å². The lowest BCUT2D eigenvalue weighted by Crippen LogP contribution is -2.37. The van der Waals surface area contributed by atoms with Crippen LogP contribution in [-0.2, 0) is 16.3 Å². The molecule has 2 N–H and O–H groups in total. The molecule has 0 radical (unpaired) electrons. The highest BCUT2D eigenvalue weighted by molar-refractivity contribution is 7.90. The van der Waals surface area contributed by atoms with Crippen LogP contribution in [0.1, 0.15) is 18.2 Å². The van der Waals surface area contributed by atoms with Crippen molar-refractivity contribution in [3.05, 3.63) is 48.0 Å². The molecule has 0 aliphatic carbocycles. The number of hydrogen-bond donors (Lipinski definition) is 2. The molecule has 0 saturated carbocycles. The molecule has 7 nitrogen and oxygen atoms in total. The maximum Gasteiger partial charge on any atom is 0.319 e. The van der Waals surface area contributed by atoms with Gasteiger partial charge in [0, 0.05) is 43.0 Å². The number of urea groups is 1. The third-order valence-corrected chi connectivity index (χ3v) is 4.51. The minimum atomic E-state index is -3.33. The molecule has 0 bridgehead atoms. The molecule has 2 aromatic rings. The average molecular weight is 348 g/mol. The Morgan fingerprint density at radius 2 is 2.04 bits per heavy atom. The van der Waals surface area contributed by atoms with E-state index in [-0.39, 0.29) is 10.9 Å². The highest BCUT2D eigenvalue weighted by Gasteiger charge is 2.13. The van der Waals surface area contributed by atoms with Crippen LogP contribution < -0.4 is 10.6 Å². The number of benzene rings is 1. The van der Waals surface area contributed by atoms with Crippen LogP contribution in [0.15, 0.2) is 41.7 Å². The van der Waals surface area contributed by atoms with Crippen molar-refractivity contribution >= 4 is 21.6 Å². The van der Waals surface area contributed by atoms with Crippen LogP contribution in [0, 0.1) is 6.92 Å². The summed E-state index contributed by atoms with van der Waals surface area (Å²) in [5.74, 6) is 0. The zero-order valence-corrected chi connectivity index (χ0v) is 14.6. The predicted molar refractivity (Wildman–Crippen MR) is 91.6 cm³/mol. The zero-order chi connectivity index (χ0) is 17.7. The molecule has 0 saturated heterocycles. The maximum atomic E-state index is 12.1. The number of hydrogen-bond acceptors (Lipinski definition) is 5. The van der Waals surface area contributed by atoms with E-state index in [0.29, 0.717) is 12.1 Å². The number of rotatable bonds is 5. The van der Waals surface area contributed by atoms with E-state index in [9.17, 15) is 13.2 Å². The monoisotopic (exact) mass is 348 g/mol. The largest absolute Gasteiger partial charge is 0.335 e. The lowest BCUT2D eigenvalue weighted by Gasteiger charge is -2.15. The molecule has 0 spiro atoms. The molecule has 1 aromatic heterocycles. The first kappa shape index (κ1) is 17.9. The van der Waals surface area contributed by atoms with Gasteiger partial charge in [-0.2, -0.15) is 0 Å². The van der Waals surface area contributed by atoms with Crippen molar-refractivity contribution in [3.8, 4) is 0 Å². The molecular formula is C16H20N4O3S. The normalized spacial score (nSPS) is 12.5. The molecule has 0 aliphatic rings. The van der Waals surface area contributed by atoms with Gasteiger partial charge in [-0.05, 0) is 31.5 Å². The summed E-state index contributed by atoms with van der Waals surface area (Å²) in [5.41, 5.74) is 2.02. The SMILES string of the molecule is Cc1ccc(S(C)(=O)=O)cc1NC(=O)N[C@@H](C)Cc1cnccn1. The van der Waals surface area contributed by atoms with E-state index in [0.717, 1.165) is 17.5 Å². The fourth-order valence-electron chi connectivity index (χ4n) is 2.15. The third kappa shape index (κ3) is 5.02. The van der Waals surface area contributed by atoms with Crippen molar-refractivity contribution < 1.29 is 13.2 Å². The van der Waals surface area contributed by atoms with Crippen LogP contribution in [0.2, 0.25) is 0 Å². The second-order valence-corrected chi connectivity index (χ2v) is 7.67. The molecule has 1 atom stereocenters. The van der Waals surface area contributed by atoms with E-state index < -0.39 is 15.9 Å². The minimum Gasteiger partial charge on any atom is -0.335 e. The number of aryl methyl sites for hydroxylation is 1. The van der Waals surface area contributed by atoms with Gasteiger partial charge in [0.25, 0.3) is 0 Å². The Balaban J connectivity index is 2.02. The standard InChI is InChI=1S/C16H20N4O3S/c1-11-4-5-14(24(3,22)23)9-15(11)20-16(21)19-12(2)8-13-10-17-6-7-18-13/h4-7,9-10,12H,8H2,1-3H3,(H2,19,20,21)/t12-/m0/s1. The van der Waals surface area contributed by atoms with E-state index in [2.05, 4.69) is 20.6 Å². The number of sulfone groups is 1. The van der Waals surface area contributed by atoms with Crippen LogP contribution in [0.3, 0.4) is 0 Å². The molecule has 1 heterocycles. The van der Waals surface area contributed by atoms with Crippen LogP contribution in [-0.4, -0.2) is 36.7 Å². The first-order chi connectivity index (χ1) is 11.3. The van der Waals surface area contributed by atoms with Gasteiger partial charge in [0.1, 0.15) is 0 Å². The topological polar surface area (TPSA) is 101 Å². The Kier molecular flexibility index (Phi) is 5.50. The second kappa shape index (κ2) is 7.39. The van der Waals surface area contributed by atoms with Gasteiger partial charge < -0.3 is 10.6 Å². The second-order valence-electron chi connectivity index (χ2n) is 5.65. The third-order valence-electron chi connectivity index (χ3n) is 3.39. The average Bonchev–Trinajstić information content (AvgIpc) is 2.49. The van der Waals surface area contributed by atoms with Crippen LogP contribution in [0.5, 0.6) is 0 Å². The fourth-order valence-corrected chi connectivity index (χ4v) is 2.80. The summed E-state index contributed by atoms with van der Waals surface area (Å²) in [5, 5.41) is 5.48.